The second-order valence-electron chi connectivity index (χ2n) is 3.05. The molecule has 0 fully saturated rings. The first kappa shape index (κ1) is 12.0. The summed E-state index contributed by atoms with van der Waals surface area (Å²) in [6.07, 6.45) is 1.99. The Morgan fingerprint density at radius 3 is 2.87 bits per heavy atom. The van der Waals surface area contributed by atoms with Gasteiger partial charge < -0.3 is 0 Å². The molecule has 0 spiro atoms. The lowest BCUT2D eigenvalue weighted by molar-refractivity contribution is -0.390. The van der Waals surface area contributed by atoms with Crippen LogP contribution in [-0.2, 0) is 0 Å². The molecule has 0 amide bonds. The average Bonchev–Trinajstić information content (AvgIpc) is 2.17. The smallest absolute Gasteiger partial charge is 0.258 e. The van der Waals surface area contributed by atoms with Crippen molar-refractivity contribution in [2.24, 2.45) is 0 Å². The molecule has 1 aromatic rings. The predicted molar refractivity (Wildman–Crippen MR) is 58.7 cm³/mol. The topological polar surface area (TPSA) is 43.1 Å². The Balaban J connectivity index is 2.86. The molecule has 0 aliphatic carbocycles. The van der Waals surface area contributed by atoms with Crippen molar-refractivity contribution in [3.8, 4) is 0 Å². The van der Waals surface area contributed by atoms with E-state index in [4.69, 9.17) is 0 Å². The third-order valence-corrected chi connectivity index (χ3v) is 3.02. The summed E-state index contributed by atoms with van der Waals surface area (Å²) in [5.74, 6) is 0.0161. The molecule has 0 aliphatic rings. The highest BCUT2D eigenvalue weighted by Gasteiger charge is 2.19. The third kappa shape index (κ3) is 3.20. The van der Waals surface area contributed by atoms with Crippen molar-refractivity contribution in [3.63, 3.8) is 0 Å². The first-order valence-electron chi connectivity index (χ1n) is 4.72. The van der Waals surface area contributed by atoms with Crippen LogP contribution in [0.2, 0.25) is 0 Å². The highest BCUT2D eigenvalue weighted by Crippen LogP contribution is 2.31. The van der Waals surface area contributed by atoms with Crippen molar-refractivity contribution in [2.45, 2.75) is 24.7 Å². The third-order valence-electron chi connectivity index (χ3n) is 1.89. The zero-order valence-electron chi connectivity index (χ0n) is 8.40. The van der Waals surface area contributed by atoms with Crippen LogP contribution in [0.15, 0.2) is 23.1 Å². The molecular weight excluding hydrogens is 217 g/mol. The largest absolute Gasteiger partial charge is 0.318 e. The Bertz CT molecular complexity index is 357. The number of unbranched alkanes of at least 4 members (excludes halogenated alkanes) is 1. The van der Waals surface area contributed by atoms with Gasteiger partial charge in [0.05, 0.1) is 9.82 Å². The quantitative estimate of drug-likeness (QED) is 0.335. The van der Waals surface area contributed by atoms with Gasteiger partial charge in [0.15, 0.2) is 0 Å². The van der Waals surface area contributed by atoms with E-state index in [-0.39, 0.29) is 0 Å². The van der Waals surface area contributed by atoms with Crippen molar-refractivity contribution in [3.05, 3.63) is 34.1 Å². The molecule has 0 saturated heterocycles. The zero-order chi connectivity index (χ0) is 11.3. The number of nitro groups is 1. The Labute approximate surface area is 91.8 Å². The van der Waals surface area contributed by atoms with Crippen molar-refractivity contribution < 1.29 is 9.31 Å². The van der Waals surface area contributed by atoms with Crippen LogP contribution in [0, 0.1) is 15.9 Å². The summed E-state index contributed by atoms with van der Waals surface area (Å²) < 4.78 is 13.2. The number of rotatable bonds is 5. The van der Waals surface area contributed by atoms with Crippen molar-refractivity contribution in [1.82, 2.24) is 0 Å². The van der Waals surface area contributed by atoms with Gasteiger partial charge in [-0.1, -0.05) is 19.4 Å². The van der Waals surface area contributed by atoms with Crippen molar-refractivity contribution >= 4 is 17.4 Å². The van der Waals surface area contributed by atoms with Gasteiger partial charge in [-0.2, -0.15) is 4.39 Å². The fourth-order valence-electron chi connectivity index (χ4n) is 1.12. The van der Waals surface area contributed by atoms with Crippen molar-refractivity contribution in [1.29, 1.82) is 0 Å². The Morgan fingerprint density at radius 2 is 2.27 bits per heavy atom. The number of para-hydroxylation sites is 1. The SMILES string of the molecule is CCCCSc1cccc(F)c1[N+](=O)[O-]. The maximum atomic E-state index is 13.2. The first-order valence-corrected chi connectivity index (χ1v) is 5.71. The lowest BCUT2D eigenvalue weighted by atomic mass is 10.3. The summed E-state index contributed by atoms with van der Waals surface area (Å²) in [6, 6.07) is 4.19. The van der Waals surface area contributed by atoms with Gasteiger partial charge in [-0.3, -0.25) is 10.1 Å². The molecule has 0 unspecified atom stereocenters. The van der Waals surface area contributed by atoms with Gasteiger partial charge in [-0.15, -0.1) is 11.8 Å². The monoisotopic (exact) mass is 229 g/mol. The van der Waals surface area contributed by atoms with Crippen LogP contribution in [0.4, 0.5) is 10.1 Å². The number of nitro benzene ring substituents is 1. The van der Waals surface area contributed by atoms with Crippen molar-refractivity contribution in [2.75, 3.05) is 5.75 Å². The molecule has 1 aromatic carbocycles. The number of nitrogens with zero attached hydrogens (tertiary/aromatic N) is 1. The summed E-state index contributed by atoms with van der Waals surface area (Å²) in [5, 5.41) is 10.6. The van der Waals surface area contributed by atoms with Crippen LogP contribution in [0.25, 0.3) is 0 Å². The normalized spacial score (nSPS) is 10.3. The molecule has 0 bridgehead atoms. The molecule has 1 rings (SSSR count). The Morgan fingerprint density at radius 1 is 1.53 bits per heavy atom. The van der Waals surface area contributed by atoms with E-state index in [0.29, 0.717) is 4.90 Å². The molecule has 5 heteroatoms. The number of halogens is 1. The fraction of sp³-hybridized carbons (Fsp3) is 0.400. The Hall–Kier alpha value is -1.10. The molecule has 0 atom stereocenters. The summed E-state index contributed by atoms with van der Waals surface area (Å²) in [5.41, 5.74) is -0.404. The van der Waals surface area contributed by atoms with E-state index in [1.807, 2.05) is 6.92 Å². The molecule has 0 aliphatic heterocycles. The highest BCUT2D eigenvalue weighted by atomic mass is 32.2. The summed E-state index contributed by atoms with van der Waals surface area (Å²) in [4.78, 5) is 10.4. The van der Waals surface area contributed by atoms with Gasteiger partial charge in [0.1, 0.15) is 0 Å². The second-order valence-corrected chi connectivity index (χ2v) is 4.18. The highest BCUT2D eigenvalue weighted by molar-refractivity contribution is 7.99. The molecule has 3 nitrogen and oxygen atoms in total. The number of hydrogen-bond acceptors (Lipinski definition) is 3. The molecule has 15 heavy (non-hydrogen) atoms. The van der Waals surface area contributed by atoms with E-state index in [0.717, 1.165) is 24.7 Å². The van der Waals surface area contributed by atoms with Gasteiger partial charge in [-0.05, 0) is 24.3 Å². The number of benzene rings is 1. The standard InChI is InChI=1S/C10H12FNO2S/c1-2-3-7-15-9-6-4-5-8(11)10(9)12(13)14/h4-6H,2-3,7H2,1H3. The predicted octanol–water partition coefficient (Wildman–Crippen LogP) is 3.63. The zero-order valence-corrected chi connectivity index (χ0v) is 9.22. The number of hydrogen-bond donors (Lipinski definition) is 0. The van der Waals surface area contributed by atoms with Gasteiger partial charge in [0, 0.05) is 0 Å². The lowest BCUT2D eigenvalue weighted by Crippen LogP contribution is -1.95. The lowest BCUT2D eigenvalue weighted by Gasteiger charge is -2.02. The first-order chi connectivity index (χ1) is 7.16. The van der Waals surface area contributed by atoms with Gasteiger partial charge >= 0.3 is 5.69 Å². The minimum Gasteiger partial charge on any atom is -0.258 e. The van der Waals surface area contributed by atoms with E-state index in [1.54, 1.807) is 6.07 Å². The number of thioether (sulfide) groups is 1. The molecule has 0 aromatic heterocycles. The molecule has 0 heterocycles. The minimum atomic E-state index is -0.763. The van der Waals surface area contributed by atoms with E-state index < -0.39 is 16.4 Å². The maximum Gasteiger partial charge on any atom is 0.318 e. The Kier molecular flexibility index (Phi) is 4.55. The van der Waals surface area contributed by atoms with Crippen LogP contribution < -0.4 is 0 Å². The van der Waals surface area contributed by atoms with Crippen LogP contribution in [-0.4, -0.2) is 10.7 Å². The van der Waals surface area contributed by atoms with E-state index in [1.165, 1.54) is 17.8 Å². The van der Waals surface area contributed by atoms with E-state index in [2.05, 4.69) is 0 Å². The summed E-state index contributed by atoms with van der Waals surface area (Å²) in [7, 11) is 0. The van der Waals surface area contributed by atoms with E-state index >= 15 is 0 Å². The second kappa shape index (κ2) is 5.70. The van der Waals surface area contributed by atoms with Gasteiger partial charge in [0.2, 0.25) is 5.82 Å². The van der Waals surface area contributed by atoms with Crippen LogP contribution in [0.5, 0.6) is 0 Å². The molecule has 0 N–H and O–H groups in total. The van der Waals surface area contributed by atoms with Gasteiger partial charge in [-0.25, -0.2) is 0 Å². The summed E-state index contributed by atoms with van der Waals surface area (Å²) >= 11 is 1.33. The van der Waals surface area contributed by atoms with Gasteiger partial charge in [0.25, 0.3) is 0 Å². The van der Waals surface area contributed by atoms with Crippen LogP contribution >= 0.6 is 11.8 Å². The summed E-state index contributed by atoms with van der Waals surface area (Å²) in [6.45, 7) is 2.04. The fourth-order valence-corrected chi connectivity index (χ4v) is 2.25. The molecule has 0 saturated carbocycles. The van der Waals surface area contributed by atoms with Crippen LogP contribution in [0.3, 0.4) is 0 Å². The molecular formula is C10H12FNO2S. The van der Waals surface area contributed by atoms with E-state index in [9.17, 15) is 14.5 Å². The minimum absolute atomic E-state index is 0.404. The molecule has 0 radical (unpaired) electrons. The average molecular weight is 229 g/mol. The molecule has 82 valence electrons. The maximum absolute atomic E-state index is 13.2. The van der Waals surface area contributed by atoms with Crippen LogP contribution in [0.1, 0.15) is 19.8 Å².